The van der Waals surface area contributed by atoms with Gasteiger partial charge in [-0.15, -0.1) is 0 Å². The third kappa shape index (κ3) is 5.31. The fourth-order valence-electron chi connectivity index (χ4n) is 1.85. The topological polar surface area (TPSA) is 69.6 Å². The summed E-state index contributed by atoms with van der Waals surface area (Å²) in [7, 11) is 0. The van der Waals surface area contributed by atoms with Gasteiger partial charge < -0.3 is 15.5 Å². The quantitative estimate of drug-likeness (QED) is 0.632. The van der Waals surface area contributed by atoms with Crippen molar-refractivity contribution in [2.75, 3.05) is 13.2 Å². The van der Waals surface area contributed by atoms with Gasteiger partial charge in [-0.3, -0.25) is 4.79 Å². The molecule has 0 spiro atoms. The van der Waals surface area contributed by atoms with Crippen molar-refractivity contribution in [2.45, 2.75) is 39.2 Å². The molecule has 0 heterocycles. The summed E-state index contributed by atoms with van der Waals surface area (Å²) in [5.74, 6) is -0.413. The van der Waals surface area contributed by atoms with Gasteiger partial charge in [0.05, 0.1) is 6.61 Å². The number of amides is 1. The van der Waals surface area contributed by atoms with Crippen molar-refractivity contribution in [2.24, 2.45) is 5.41 Å². The van der Waals surface area contributed by atoms with Crippen molar-refractivity contribution in [3.8, 4) is 0 Å². The number of aliphatic hydroxyl groups excluding tert-OH is 2. The molecule has 0 saturated carbocycles. The third-order valence-electron chi connectivity index (χ3n) is 3.43. The number of hydrogen-bond acceptors (Lipinski definition) is 3. The molecule has 1 amide bonds. The second-order valence-electron chi connectivity index (χ2n) is 5.78. The summed E-state index contributed by atoms with van der Waals surface area (Å²) in [6.07, 6.45) is 1.67. The van der Waals surface area contributed by atoms with Gasteiger partial charge in [-0.25, -0.2) is 0 Å². The van der Waals surface area contributed by atoms with Gasteiger partial charge in [0, 0.05) is 12.0 Å². The molecule has 112 valence electrons. The maximum absolute atomic E-state index is 11.7. The molecular formula is C16H25NO3. The minimum atomic E-state index is -1.18. The molecule has 0 aliphatic heterocycles. The van der Waals surface area contributed by atoms with E-state index >= 15 is 0 Å². The van der Waals surface area contributed by atoms with Crippen molar-refractivity contribution >= 4 is 5.91 Å². The summed E-state index contributed by atoms with van der Waals surface area (Å²) < 4.78 is 0. The Bertz CT molecular complexity index is 403. The molecule has 0 aliphatic rings. The summed E-state index contributed by atoms with van der Waals surface area (Å²) in [5.41, 5.74) is 0.481. The molecule has 0 bridgehead atoms. The van der Waals surface area contributed by atoms with Gasteiger partial charge in [0.15, 0.2) is 0 Å². The van der Waals surface area contributed by atoms with Crippen LogP contribution in [-0.2, 0) is 11.2 Å². The number of nitrogens with one attached hydrogen (secondary N) is 1. The van der Waals surface area contributed by atoms with E-state index in [-0.39, 0.29) is 6.61 Å². The van der Waals surface area contributed by atoms with Gasteiger partial charge in [-0.1, -0.05) is 44.2 Å². The lowest BCUT2D eigenvalue weighted by atomic mass is 9.87. The third-order valence-corrected chi connectivity index (χ3v) is 3.43. The zero-order chi connectivity index (χ0) is 15.0. The summed E-state index contributed by atoms with van der Waals surface area (Å²) >= 11 is 0. The van der Waals surface area contributed by atoms with Crippen LogP contribution < -0.4 is 5.32 Å². The van der Waals surface area contributed by atoms with E-state index in [0.29, 0.717) is 6.54 Å². The number of aliphatic hydroxyl groups is 2. The van der Waals surface area contributed by atoms with Crippen molar-refractivity contribution in [3.63, 3.8) is 0 Å². The lowest BCUT2D eigenvalue weighted by molar-refractivity contribution is -0.137. The summed E-state index contributed by atoms with van der Waals surface area (Å²) in [6, 6.07) is 10.2. The molecule has 4 nitrogen and oxygen atoms in total. The van der Waals surface area contributed by atoms with Crippen molar-refractivity contribution in [1.29, 1.82) is 0 Å². The summed E-state index contributed by atoms with van der Waals surface area (Å²) in [4.78, 5) is 11.7. The summed E-state index contributed by atoms with van der Waals surface area (Å²) in [6.45, 7) is 3.64. The summed E-state index contributed by atoms with van der Waals surface area (Å²) in [5, 5.41) is 21.6. The molecule has 1 aromatic rings. The molecule has 0 fully saturated rings. The van der Waals surface area contributed by atoms with Crippen LogP contribution in [0.2, 0.25) is 0 Å². The van der Waals surface area contributed by atoms with Gasteiger partial charge in [0.2, 0.25) is 5.91 Å². The zero-order valence-electron chi connectivity index (χ0n) is 12.3. The van der Waals surface area contributed by atoms with E-state index in [4.69, 9.17) is 5.11 Å². The van der Waals surface area contributed by atoms with Crippen LogP contribution in [0.3, 0.4) is 0 Å². The fourth-order valence-corrected chi connectivity index (χ4v) is 1.85. The van der Waals surface area contributed by atoms with Gasteiger partial charge in [-0.2, -0.15) is 0 Å². The first-order valence-corrected chi connectivity index (χ1v) is 7.08. The Morgan fingerprint density at radius 2 is 1.90 bits per heavy atom. The molecule has 3 N–H and O–H groups in total. The molecule has 0 aromatic heterocycles. The normalized spacial score (nSPS) is 13.0. The second-order valence-corrected chi connectivity index (χ2v) is 5.78. The van der Waals surface area contributed by atoms with E-state index in [1.165, 1.54) is 5.56 Å². The van der Waals surface area contributed by atoms with Crippen LogP contribution in [-0.4, -0.2) is 35.4 Å². The van der Waals surface area contributed by atoms with Crippen LogP contribution in [0, 0.1) is 5.41 Å². The van der Waals surface area contributed by atoms with E-state index in [1.54, 1.807) is 13.8 Å². The fraction of sp³-hybridized carbons (Fsp3) is 0.562. The van der Waals surface area contributed by atoms with Gasteiger partial charge in [0.1, 0.15) is 6.10 Å². The highest BCUT2D eigenvalue weighted by atomic mass is 16.3. The molecule has 1 atom stereocenters. The molecule has 0 unspecified atom stereocenters. The maximum Gasteiger partial charge on any atom is 0.249 e. The van der Waals surface area contributed by atoms with Crippen molar-refractivity contribution < 1.29 is 15.0 Å². The SMILES string of the molecule is CC(C)(CO)[C@H](O)C(=O)NCCCCc1ccccc1. The molecule has 20 heavy (non-hydrogen) atoms. The van der Waals surface area contributed by atoms with Gasteiger partial charge in [-0.05, 0) is 24.8 Å². The van der Waals surface area contributed by atoms with E-state index < -0.39 is 17.4 Å². The first-order valence-electron chi connectivity index (χ1n) is 7.08. The number of carbonyl (C=O) groups is 1. The number of hydrogen-bond donors (Lipinski definition) is 3. The molecule has 0 radical (unpaired) electrons. The molecule has 4 heteroatoms. The average Bonchev–Trinajstić information content (AvgIpc) is 2.47. The number of benzene rings is 1. The van der Waals surface area contributed by atoms with Crippen LogP contribution in [0.15, 0.2) is 30.3 Å². The molecule has 0 aliphatic carbocycles. The van der Waals surface area contributed by atoms with Crippen molar-refractivity contribution in [3.05, 3.63) is 35.9 Å². The minimum Gasteiger partial charge on any atom is -0.396 e. The van der Waals surface area contributed by atoms with Gasteiger partial charge in [0.25, 0.3) is 0 Å². The average molecular weight is 279 g/mol. The van der Waals surface area contributed by atoms with Crippen LogP contribution in [0.25, 0.3) is 0 Å². The molecule has 1 aromatic carbocycles. The van der Waals surface area contributed by atoms with E-state index in [1.807, 2.05) is 18.2 Å². The highest BCUT2D eigenvalue weighted by Crippen LogP contribution is 2.19. The Balaban J connectivity index is 2.19. The predicted molar refractivity (Wildman–Crippen MR) is 79.3 cm³/mol. The zero-order valence-corrected chi connectivity index (χ0v) is 12.3. The van der Waals surface area contributed by atoms with Gasteiger partial charge >= 0.3 is 0 Å². The Hall–Kier alpha value is -1.39. The van der Waals surface area contributed by atoms with E-state index in [9.17, 15) is 9.90 Å². The first-order chi connectivity index (χ1) is 9.47. The number of unbranched alkanes of at least 4 members (excludes halogenated alkanes) is 1. The Kier molecular flexibility index (Phi) is 6.68. The Morgan fingerprint density at radius 3 is 2.50 bits per heavy atom. The highest BCUT2D eigenvalue weighted by molar-refractivity contribution is 5.81. The monoisotopic (exact) mass is 279 g/mol. The number of carbonyl (C=O) groups excluding carboxylic acids is 1. The highest BCUT2D eigenvalue weighted by Gasteiger charge is 2.32. The lowest BCUT2D eigenvalue weighted by Gasteiger charge is -2.27. The molecule has 0 saturated heterocycles. The largest absolute Gasteiger partial charge is 0.396 e. The van der Waals surface area contributed by atoms with E-state index in [2.05, 4.69) is 17.4 Å². The molecular weight excluding hydrogens is 254 g/mol. The van der Waals surface area contributed by atoms with Crippen molar-refractivity contribution in [1.82, 2.24) is 5.32 Å². The molecule has 1 rings (SSSR count). The lowest BCUT2D eigenvalue weighted by Crippen LogP contribution is -2.45. The smallest absolute Gasteiger partial charge is 0.249 e. The maximum atomic E-state index is 11.7. The predicted octanol–water partition coefficient (Wildman–Crippen LogP) is 1.50. The Labute approximate surface area is 120 Å². The van der Waals surface area contributed by atoms with Crippen LogP contribution in [0.4, 0.5) is 0 Å². The Morgan fingerprint density at radius 1 is 1.25 bits per heavy atom. The van der Waals surface area contributed by atoms with Crippen LogP contribution in [0.1, 0.15) is 32.3 Å². The first kappa shape index (κ1) is 16.7. The second kappa shape index (κ2) is 8.02. The minimum absolute atomic E-state index is 0.227. The standard InChI is InChI=1S/C16H25NO3/c1-16(2,12-18)14(19)15(20)17-11-7-6-10-13-8-4-3-5-9-13/h3-5,8-9,14,18-19H,6-7,10-12H2,1-2H3,(H,17,20)/t14-/m1/s1. The number of aryl methyl sites for hydroxylation is 1. The van der Waals surface area contributed by atoms with E-state index in [0.717, 1.165) is 19.3 Å². The van der Waals surface area contributed by atoms with Crippen LogP contribution in [0.5, 0.6) is 0 Å². The number of rotatable bonds is 8. The van der Waals surface area contributed by atoms with Crippen LogP contribution >= 0.6 is 0 Å².